The Balaban J connectivity index is 1.91. The molecular formula is C13H23N3O3S. The van der Waals surface area contributed by atoms with Gasteiger partial charge in [-0.05, 0) is 31.3 Å². The van der Waals surface area contributed by atoms with Crippen molar-refractivity contribution in [2.24, 2.45) is 5.92 Å². The molecule has 2 rings (SSSR count). The second-order valence-electron chi connectivity index (χ2n) is 5.71. The zero-order valence-electron chi connectivity index (χ0n) is 12.1. The van der Waals surface area contributed by atoms with Crippen molar-refractivity contribution in [2.75, 3.05) is 39.0 Å². The maximum absolute atomic E-state index is 12.4. The standard InChI is InChI=1S/C13H23N3O3S/c1-10(12-7-14-8-12)13(17)16-5-3-4-11(9-16)6-15-20(2,18)19/h11,14-15H,3-9H2,1-2H3. The van der Waals surface area contributed by atoms with Crippen molar-refractivity contribution in [3.05, 3.63) is 11.1 Å². The summed E-state index contributed by atoms with van der Waals surface area (Å²) in [6, 6.07) is 0. The second-order valence-corrected chi connectivity index (χ2v) is 7.55. The molecule has 7 heteroatoms. The van der Waals surface area contributed by atoms with Crippen LogP contribution in [0.5, 0.6) is 0 Å². The molecule has 0 bridgehead atoms. The molecule has 2 aliphatic rings. The Labute approximate surface area is 120 Å². The third-order valence-electron chi connectivity index (χ3n) is 3.97. The summed E-state index contributed by atoms with van der Waals surface area (Å²) < 4.78 is 24.8. The molecule has 1 atom stereocenters. The van der Waals surface area contributed by atoms with Crippen LogP contribution in [0.15, 0.2) is 11.1 Å². The van der Waals surface area contributed by atoms with E-state index in [4.69, 9.17) is 0 Å². The molecule has 0 saturated carbocycles. The molecule has 2 saturated heterocycles. The van der Waals surface area contributed by atoms with Crippen LogP contribution in [0.4, 0.5) is 0 Å². The third-order valence-corrected chi connectivity index (χ3v) is 4.66. The van der Waals surface area contributed by atoms with Crippen LogP contribution in [0.1, 0.15) is 19.8 Å². The molecule has 6 nitrogen and oxygen atoms in total. The number of likely N-dealkylation sites (tertiary alicyclic amines) is 1. The van der Waals surface area contributed by atoms with E-state index >= 15 is 0 Å². The van der Waals surface area contributed by atoms with E-state index in [0.29, 0.717) is 13.1 Å². The maximum Gasteiger partial charge on any atom is 0.249 e. The van der Waals surface area contributed by atoms with Crippen molar-refractivity contribution in [1.82, 2.24) is 14.9 Å². The number of nitrogens with one attached hydrogen (secondary N) is 2. The average molecular weight is 301 g/mol. The number of piperidine rings is 1. The molecule has 114 valence electrons. The molecule has 0 radical (unpaired) electrons. The normalized spacial score (nSPS) is 23.4. The van der Waals surface area contributed by atoms with Gasteiger partial charge in [0.2, 0.25) is 15.9 Å². The number of rotatable bonds is 4. The quantitative estimate of drug-likeness (QED) is 0.699. The largest absolute Gasteiger partial charge is 0.339 e. The fourth-order valence-corrected chi connectivity index (χ4v) is 3.13. The summed E-state index contributed by atoms with van der Waals surface area (Å²) in [5, 5.41) is 3.14. The van der Waals surface area contributed by atoms with E-state index in [9.17, 15) is 13.2 Å². The van der Waals surface area contributed by atoms with Gasteiger partial charge in [0.25, 0.3) is 0 Å². The molecular weight excluding hydrogens is 278 g/mol. The molecule has 0 aromatic heterocycles. The smallest absolute Gasteiger partial charge is 0.249 e. The summed E-state index contributed by atoms with van der Waals surface area (Å²) in [5.74, 6) is 0.310. The predicted molar refractivity (Wildman–Crippen MR) is 77.7 cm³/mol. The van der Waals surface area contributed by atoms with E-state index in [1.54, 1.807) is 0 Å². The van der Waals surface area contributed by atoms with Crippen LogP contribution in [0, 0.1) is 5.92 Å². The highest BCUT2D eigenvalue weighted by molar-refractivity contribution is 7.88. The molecule has 0 aliphatic carbocycles. The summed E-state index contributed by atoms with van der Waals surface area (Å²) in [6.07, 6.45) is 3.06. The Morgan fingerprint density at radius 2 is 2.15 bits per heavy atom. The van der Waals surface area contributed by atoms with E-state index < -0.39 is 10.0 Å². The summed E-state index contributed by atoms with van der Waals surface area (Å²) >= 11 is 0. The average Bonchev–Trinajstić information content (AvgIpc) is 2.33. The molecule has 2 heterocycles. The molecule has 1 amide bonds. The maximum atomic E-state index is 12.4. The first-order chi connectivity index (χ1) is 9.37. The van der Waals surface area contributed by atoms with Gasteiger partial charge in [0.1, 0.15) is 0 Å². The van der Waals surface area contributed by atoms with Gasteiger partial charge >= 0.3 is 0 Å². The van der Waals surface area contributed by atoms with Gasteiger partial charge in [-0.1, -0.05) is 0 Å². The summed E-state index contributed by atoms with van der Waals surface area (Å²) in [7, 11) is -3.16. The molecule has 0 aromatic carbocycles. The van der Waals surface area contributed by atoms with Crippen LogP contribution in [0.3, 0.4) is 0 Å². The van der Waals surface area contributed by atoms with Gasteiger partial charge in [0, 0.05) is 38.3 Å². The Kier molecular flexibility index (Phi) is 4.82. The SMILES string of the molecule is CC(C(=O)N1CCCC(CNS(C)(=O)=O)C1)=C1CNC1. The first-order valence-electron chi connectivity index (χ1n) is 7.00. The minimum absolute atomic E-state index is 0.102. The second kappa shape index (κ2) is 6.24. The summed E-state index contributed by atoms with van der Waals surface area (Å²) in [5.41, 5.74) is 2.03. The van der Waals surface area contributed by atoms with E-state index in [0.717, 1.165) is 44.3 Å². The molecule has 20 heavy (non-hydrogen) atoms. The van der Waals surface area contributed by atoms with Crippen LogP contribution in [-0.4, -0.2) is 58.2 Å². The Hall–Kier alpha value is -0.920. The molecule has 1 unspecified atom stereocenters. The van der Waals surface area contributed by atoms with Gasteiger partial charge in [-0.15, -0.1) is 0 Å². The fraction of sp³-hybridized carbons (Fsp3) is 0.769. The number of carbonyl (C=O) groups is 1. The van der Waals surface area contributed by atoms with Crippen LogP contribution in [0.2, 0.25) is 0 Å². The van der Waals surface area contributed by atoms with E-state index in [1.165, 1.54) is 5.57 Å². The van der Waals surface area contributed by atoms with Crippen molar-refractivity contribution < 1.29 is 13.2 Å². The van der Waals surface area contributed by atoms with Crippen LogP contribution in [-0.2, 0) is 14.8 Å². The van der Waals surface area contributed by atoms with E-state index in [1.807, 2.05) is 11.8 Å². The van der Waals surface area contributed by atoms with Gasteiger partial charge in [0.05, 0.1) is 6.26 Å². The third kappa shape index (κ3) is 4.04. The first-order valence-corrected chi connectivity index (χ1v) is 8.89. The number of sulfonamides is 1. The van der Waals surface area contributed by atoms with Gasteiger partial charge in [-0.2, -0.15) is 0 Å². The molecule has 0 spiro atoms. The summed E-state index contributed by atoms with van der Waals surface area (Å²) in [4.78, 5) is 14.2. The highest BCUT2D eigenvalue weighted by Crippen LogP contribution is 2.19. The van der Waals surface area contributed by atoms with Crippen molar-refractivity contribution in [3.8, 4) is 0 Å². The van der Waals surface area contributed by atoms with Crippen LogP contribution < -0.4 is 10.0 Å². The Morgan fingerprint density at radius 1 is 1.45 bits per heavy atom. The van der Waals surface area contributed by atoms with E-state index in [-0.39, 0.29) is 11.8 Å². The lowest BCUT2D eigenvalue weighted by Crippen LogP contribution is -2.45. The Morgan fingerprint density at radius 3 is 2.70 bits per heavy atom. The van der Waals surface area contributed by atoms with Crippen molar-refractivity contribution in [3.63, 3.8) is 0 Å². The summed E-state index contributed by atoms with van der Waals surface area (Å²) in [6.45, 7) is 5.33. The molecule has 2 N–H and O–H groups in total. The number of carbonyl (C=O) groups excluding carboxylic acids is 1. The fourth-order valence-electron chi connectivity index (χ4n) is 2.59. The number of amides is 1. The van der Waals surface area contributed by atoms with Gasteiger partial charge in [0.15, 0.2) is 0 Å². The number of hydrogen-bond donors (Lipinski definition) is 2. The van der Waals surface area contributed by atoms with Crippen LogP contribution >= 0.6 is 0 Å². The monoisotopic (exact) mass is 301 g/mol. The lowest BCUT2D eigenvalue weighted by molar-refractivity contribution is -0.128. The predicted octanol–water partition coefficient (Wildman–Crippen LogP) is -0.306. The molecule has 0 aromatic rings. The van der Waals surface area contributed by atoms with Gasteiger partial charge in [-0.25, -0.2) is 13.1 Å². The minimum Gasteiger partial charge on any atom is -0.339 e. The molecule has 2 fully saturated rings. The van der Waals surface area contributed by atoms with E-state index in [2.05, 4.69) is 10.0 Å². The lowest BCUT2D eigenvalue weighted by atomic mass is 9.96. The number of nitrogens with zero attached hydrogens (tertiary/aromatic N) is 1. The Bertz CT molecular complexity index is 507. The van der Waals surface area contributed by atoms with Crippen molar-refractivity contribution in [2.45, 2.75) is 19.8 Å². The number of hydrogen-bond acceptors (Lipinski definition) is 4. The lowest BCUT2D eigenvalue weighted by Gasteiger charge is -2.34. The van der Waals surface area contributed by atoms with Crippen molar-refractivity contribution >= 4 is 15.9 Å². The van der Waals surface area contributed by atoms with Crippen molar-refractivity contribution in [1.29, 1.82) is 0 Å². The zero-order chi connectivity index (χ0) is 14.8. The highest BCUT2D eigenvalue weighted by atomic mass is 32.2. The minimum atomic E-state index is -3.16. The highest BCUT2D eigenvalue weighted by Gasteiger charge is 2.26. The topological polar surface area (TPSA) is 78.5 Å². The zero-order valence-corrected chi connectivity index (χ0v) is 12.9. The van der Waals surface area contributed by atoms with Gasteiger partial charge in [-0.3, -0.25) is 4.79 Å². The van der Waals surface area contributed by atoms with Gasteiger partial charge < -0.3 is 10.2 Å². The van der Waals surface area contributed by atoms with Crippen LogP contribution in [0.25, 0.3) is 0 Å². The molecule has 2 aliphatic heterocycles. The first kappa shape index (κ1) is 15.5.